The molecule has 0 fully saturated rings. The molecule has 0 aromatic heterocycles. The van der Waals surface area contributed by atoms with Crippen molar-refractivity contribution in [1.82, 2.24) is 0 Å². The molecule has 0 radical (unpaired) electrons. The Kier molecular flexibility index (Phi) is 3.99. The molecule has 0 aliphatic heterocycles. The minimum atomic E-state index is -0.513. The highest BCUT2D eigenvalue weighted by Gasteiger charge is 2.13. The minimum absolute atomic E-state index is 0.0914. The molecule has 1 aromatic carbocycles. The fourth-order valence-corrected chi connectivity index (χ4v) is 1.57. The molecule has 1 unspecified atom stereocenters. The summed E-state index contributed by atoms with van der Waals surface area (Å²) in [5.41, 5.74) is 6.50. The molecule has 5 heteroatoms. The number of phenols is 1. The van der Waals surface area contributed by atoms with Gasteiger partial charge in [-0.2, -0.15) is 0 Å². The van der Waals surface area contributed by atoms with E-state index in [9.17, 15) is 5.11 Å². The van der Waals surface area contributed by atoms with Crippen LogP contribution in [0.3, 0.4) is 0 Å². The Balaban J connectivity index is 3.03. The van der Waals surface area contributed by atoms with Gasteiger partial charge in [-0.15, -0.1) is 11.8 Å². The predicted molar refractivity (Wildman–Crippen MR) is 62.8 cm³/mol. The molecular formula is C10H14N2O2S. The van der Waals surface area contributed by atoms with Gasteiger partial charge in [0, 0.05) is 6.07 Å². The summed E-state index contributed by atoms with van der Waals surface area (Å²) in [6.07, 6.45) is 1.79. The van der Waals surface area contributed by atoms with Gasteiger partial charge in [0.15, 0.2) is 0 Å². The summed E-state index contributed by atoms with van der Waals surface area (Å²) in [5.74, 6) is 0.628. The van der Waals surface area contributed by atoms with Gasteiger partial charge < -0.3 is 15.6 Å². The third-order valence-corrected chi connectivity index (χ3v) is 2.70. The number of hydrogen-bond donors (Lipinski definition) is 3. The van der Waals surface area contributed by atoms with Crippen LogP contribution in [0.15, 0.2) is 18.2 Å². The molecule has 82 valence electrons. The lowest BCUT2D eigenvalue weighted by molar-refractivity contribution is 0.406. The highest BCUT2D eigenvalue weighted by atomic mass is 32.2. The molecule has 0 saturated carbocycles. The number of methoxy groups -OCH3 is 1. The Labute approximate surface area is 92.9 Å². The molecule has 1 atom stereocenters. The molecule has 0 aliphatic carbocycles. The van der Waals surface area contributed by atoms with Crippen molar-refractivity contribution < 1.29 is 9.84 Å². The van der Waals surface area contributed by atoms with Gasteiger partial charge in [-0.1, -0.05) is 0 Å². The highest BCUT2D eigenvalue weighted by molar-refractivity contribution is 8.13. The zero-order valence-corrected chi connectivity index (χ0v) is 9.47. The summed E-state index contributed by atoms with van der Waals surface area (Å²) in [5, 5.41) is 17.4. The van der Waals surface area contributed by atoms with Crippen LogP contribution in [0.5, 0.6) is 11.5 Å². The van der Waals surface area contributed by atoms with Crippen LogP contribution in [0, 0.1) is 5.41 Å². The van der Waals surface area contributed by atoms with Crippen LogP contribution in [-0.2, 0) is 0 Å². The first kappa shape index (κ1) is 11.9. The molecule has 0 bridgehead atoms. The van der Waals surface area contributed by atoms with Crippen molar-refractivity contribution in [3.05, 3.63) is 23.8 Å². The maximum Gasteiger partial charge on any atom is 0.122 e. The fraction of sp³-hybridized carbons (Fsp3) is 0.300. The smallest absolute Gasteiger partial charge is 0.122 e. The van der Waals surface area contributed by atoms with E-state index in [0.717, 1.165) is 0 Å². The lowest BCUT2D eigenvalue weighted by Crippen LogP contribution is -2.17. The van der Waals surface area contributed by atoms with Crippen molar-refractivity contribution in [1.29, 1.82) is 5.41 Å². The van der Waals surface area contributed by atoms with Crippen LogP contribution in [0.25, 0.3) is 0 Å². The lowest BCUT2D eigenvalue weighted by Gasteiger charge is -2.13. The van der Waals surface area contributed by atoms with Gasteiger partial charge in [-0.05, 0) is 24.0 Å². The van der Waals surface area contributed by atoms with Gasteiger partial charge in [0.05, 0.1) is 18.2 Å². The van der Waals surface area contributed by atoms with Crippen molar-refractivity contribution in [3.63, 3.8) is 0 Å². The van der Waals surface area contributed by atoms with E-state index >= 15 is 0 Å². The van der Waals surface area contributed by atoms with Gasteiger partial charge in [0.2, 0.25) is 0 Å². The highest BCUT2D eigenvalue weighted by Crippen LogP contribution is 2.26. The number of ether oxygens (including phenoxy) is 1. The molecule has 1 rings (SSSR count). The first-order valence-corrected chi connectivity index (χ1v) is 5.57. The summed E-state index contributed by atoms with van der Waals surface area (Å²) in [6.45, 7) is 0. The Bertz CT molecular complexity index is 368. The summed E-state index contributed by atoms with van der Waals surface area (Å²) >= 11 is 1.28. The number of nitrogens with one attached hydrogen (secondary N) is 1. The minimum Gasteiger partial charge on any atom is -0.508 e. The van der Waals surface area contributed by atoms with Gasteiger partial charge in [-0.3, -0.25) is 5.41 Å². The van der Waals surface area contributed by atoms with E-state index in [1.54, 1.807) is 12.3 Å². The number of aromatic hydroxyl groups is 1. The van der Waals surface area contributed by atoms with Crippen molar-refractivity contribution in [2.24, 2.45) is 5.73 Å². The summed E-state index contributed by atoms with van der Waals surface area (Å²) < 4.78 is 5.01. The molecule has 0 heterocycles. The van der Waals surface area contributed by atoms with E-state index in [0.29, 0.717) is 16.4 Å². The Morgan fingerprint density at radius 2 is 2.20 bits per heavy atom. The van der Waals surface area contributed by atoms with Crippen molar-refractivity contribution >= 4 is 16.8 Å². The molecule has 4 nitrogen and oxygen atoms in total. The molecule has 4 N–H and O–H groups in total. The molecular weight excluding hydrogens is 212 g/mol. The molecule has 0 spiro atoms. The maximum absolute atomic E-state index is 9.42. The average molecular weight is 226 g/mol. The van der Waals surface area contributed by atoms with E-state index in [2.05, 4.69) is 0 Å². The topological polar surface area (TPSA) is 79.3 Å². The second kappa shape index (κ2) is 5.04. The van der Waals surface area contributed by atoms with Crippen LogP contribution >= 0.6 is 11.8 Å². The number of thioether (sulfide) groups is 1. The standard InChI is InChI=1S/C10H14N2O2S/c1-14-8-4-6(3-7(13)5-8)9(11)10(12)15-2/h3-5,9,12-13H,11H2,1-2H3. The van der Waals surface area contributed by atoms with Crippen LogP contribution < -0.4 is 10.5 Å². The fourth-order valence-electron chi connectivity index (χ4n) is 1.18. The number of phenolic OH excluding ortho intramolecular Hbond substituents is 1. The quantitative estimate of drug-likeness (QED) is 0.542. The van der Waals surface area contributed by atoms with Gasteiger partial charge in [0.25, 0.3) is 0 Å². The second-order valence-corrected chi connectivity index (χ2v) is 3.86. The zero-order valence-electron chi connectivity index (χ0n) is 8.65. The monoisotopic (exact) mass is 226 g/mol. The van der Waals surface area contributed by atoms with E-state index in [1.165, 1.54) is 31.0 Å². The van der Waals surface area contributed by atoms with Crippen LogP contribution in [0.2, 0.25) is 0 Å². The number of hydrogen-bond acceptors (Lipinski definition) is 5. The lowest BCUT2D eigenvalue weighted by atomic mass is 10.1. The van der Waals surface area contributed by atoms with E-state index in [-0.39, 0.29) is 5.75 Å². The molecule has 0 amide bonds. The third-order valence-electron chi connectivity index (χ3n) is 2.01. The first-order valence-electron chi connectivity index (χ1n) is 4.34. The third kappa shape index (κ3) is 2.87. The van der Waals surface area contributed by atoms with E-state index in [4.69, 9.17) is 15.9 Å². The zero-order chi connectivity index (χ0) is 11.4. The Hall–Kier alpha value is -1.20. The van der Waals surface area contributed by atoms with Gasteiger partial charge in [0.1, 0.15) is 11.5 Å². The first-order chi connectivity index (χ1) is 7.08. The average Bonchev–Trinajstić information content (AvgIpc) is 2.26. The normalized spacial score (nSPS) is 12.2. The predicted octanol–water partition coefficient (Wildman–Crippen LogP) is 1.74. The number of nitrogens with two attached hydrogens (primary N) is 1. The molecule has 0 aliphatic rings. The summed E-state index contributed by atoms with van der Waals surface area (Å²) in [6, 6.07) is 4.24. The largest absolute Gasteiger partial charge is 0.508 e. The Morgan fingerprint density at radius 1 is 1.53 bits per heavy atom. The number of rotatable bonds is 3. The van der Waals surface area contributed by atoms with Crippen LogP contribution in [0.1, 0.15) is 11.6 Å². The van der Waals surface area contributed by atoms with Gasteiger partial charge >= 0.3 is 0 Å². The Morgan fingerprint density at radius 3 is 2.73 bits per heavy atom. The van der Waals surface area contributed by atoms with E-state index < -0.39 is 6.04 Å². The van der Waals surface area contributed by atoms with Gasteiger partial charge in [-0.25, -0.2) is 0 Å². The molecule has 15 heavy (non-hydrogen) atoms. The maximum atomic E-state index is 9.42. The number of benzene rings is 1. The van der Waals surface area contributed by atoms with E-state index in [1.807, 2.05) is 0 Å². The van der Waals surface area contributed by atoms with Crippen molar-refractivity contribution in [2.45, 2.75) is 6.04 Å². The van der Waals surface area contributed by atoms with Crippen molar-refractivity contribution in [2.75, 3.05) is 13.4 Å². The second-order valence-electron chi connectivity index (χ2n) is 3.01. The SMILES string of the molecule is COc1cc(O)cc(C(N)C(=N)SC)c1. The summed E-state index contributed by atoms with van der Waals surface area (Å²) in [4.78, 5) is 0. The molecule has 0 saturated heterocycles. The molecule has 1 aromatic rings. The summed E-state index contributed by atoms with van der Waals surface area (Å²) in [7, 11) is 1.52. The van der Waals surface area contributed by atoms with Crippen molar-refractivity contribution in [3.8, 4) is 11.5 Å². The van der Waals surface area contributed by atoms with Crippen LogP contribution in [0.4, 0.5) is 0 Å². The van der Waals surface area contributed by atoms with Crippen LogP contribution in [-0.4, -0.2) is 23.5 Å².